The van der Waals surface area contributed by atoms with Crippen molar-refractivity contribution in [3.63, 3.8) is 0 Å². The number of nitrogens with one attached hydrogen (secondary N) is 3. The van der Waals surface area contributed by atoms with Crippen molar-refractivity contribution >= 4 is 17.6 Å². The Kier molecular flexibility index (Phi) is 4.29. The van der Waals surface area contributed by atoms with E-state index in [0.717, 1.165) is 0 Å². The highest BCUT2D eigenvalue weighted by atomic mass is 19.1. The number of rotatable bonds is 3. The van der Waals surface area contributed by atoms with Crippen molar-refractivity contribution in [1.29, 1.82) is 0 Å². The zero-order valence-electron chi connectivity index (χ0n) is 13.0. The third-order valence-corrected chi connectivity index (χ3v) is 3.76. The van der Waals surface area contributed by atoms with Crippen LogP contribution in [-0.2, 0) is 4.79 Å². The lowest BCUT2D eigenvalue weighted by Crippen LogP contribution is -2.46. The fraction of sp³-hybridized carbons (Fsp3) is 0.111. The second kappa shape index (κ2) is 6.54. The van der Waals surface area contributed by atoms with Crippen LogP contribution in [0.25, 0.3) is 0 Å². The molecule has 1 atom stereocenters. The zero-order chi connectivity index (χ0) is 17.1. The molecule has 0 fully saturated rings. The molecule has 122 valence electrons. The summed E-state index contributed by atoms with van der Waals surface area (Å²) in [5.41, 5.74) is 1.51. The molecule has 3 N–H and O–H groups in total. The van der Waals surface area contributed by atoms with Crippen LogP contribution in [-0.4, -0.2) is 11.9 Å². The van der Waals surface area contributed by atoms with Crippen LogP contribution in [0.3, 0.4) is 0 Å². The fourth-order valence-corrected chi connectivity index (χ4v) is 2.66. The van der Waals surface area contributed by atoms with Gasteiger partial charge in [0.2, 0.25) is 0 Å². The molecular weight excluding hydrogens is 309 g/mol. The molecule has 2 aromatic rings. The zero-order valence-corrected chi connectivity index (χ0v) is 13.0. The lowest BCUT2D eigenvalue weighted by Gasteiger charge is -2.28. The van der Waals surface area contributed by atoms with Crippen LogP contribution < -0.4 is 16.0 Å². The SMILES string of the molecule is CC1=C(C(=O)Nc2ccccc2)[C@@H](c2ccccc2F)NC(=O)N1. The van der Waals surface area contributed by atoms with Crippen molar-refractivity contribution in [1.82, 2.24) is 10.6 Å². The highest BCUT2D eigenvalue weighted by molar-refractivity contribution is 6.06. The first-order chi connectivity index (χ1) is 11.6. The molecule has 1 aliphatic rings. The molecule has 2 aromatic carbocycles. The van der Waals surface area contributed by atoms with Crippen LogP contribution in [0.1, 0.15) is 18.5 Å². The maximum atomic E-state index is 14.2. The van der Waals surface area contributed by atoms with Gasteiger partial charge < -0.3 is 16.0 Å². The number of para-hydroxylation sites is 1. The van der Waals surface area contributed by atoms with Gasteiger partial charge in [-0.05, 0) is 25.1 Å². The van der Waals surface area contributed by atoms with E-state index in [0.29, 0.717) is 11.4 Å². The summed E-state index contributed by atoms with van der Waals surface area (Å²) in [6, 6.07) is 13.7. The van der Waals surface area contributed by atoms with Gasteiger partial charge in [-0.2, -0.15) is 0 Å². The molecule has 0 aromatic heterocycles. The van der Waals surface area contributed by atoms with Crippen molar-refractivity contribution in [2.24, 2.45) is 0 Å². The van der Waals surface area contributed by atoms with Gasteiger partial charge in [0, 0.05) is 16.9 Å². The van der Waals surface area contributed by atoms with Crippen molar-refractivity contribution in [2.45, 2.75) is 13.0 Å². The van der Waals surface area contributed by atoms with Gasteiger partial charge in [-0.3, -0.25) is 4.79 Å². The third-order valence-electron chi connectivity index (χ3n) is 3.76. The standard InChI is InChI=1S/C18H16FN3O2/c1-11-15(17(23)21-12-7-3-2-4-8-12)16(22-18(24)20-11)13-9-5-6-10-14(13)19/h2-10,16H,1H3,(H,21,23)(H2,20,22,24)/t16-/m1/s1. The predicted octanol–water partition coefficient (Wildman–Crippen LogP) is 3.09. The Morgan fingerprint density at radius 1 is 1.08 bits per heavy atom. The Morgan fingerprint density at radius 2 is 1.75 bits per heavy atom. The number of anilines is 1. The minimum Gasteiger partial charge on any atom is -0.327 e. The first kappa shape index (κ1) is 15.7. The lowest BCUT2D eigenvalue weighted by atomic mass is 9.94. The third kappa shape index (κ3) is 3.12. The van der Waals surface area contributed by atoms with Crippen LogP contribution in [0.15, 0.2) is 65.9 Å². The molecule has 6 heteroatoms. The average Bonchev–Trinajstić information content (AvgIpc) is 2.55. The number of allylic oxidation sites excluding steroid dienone is 1. The highest BCUT2D eigenvalue weighted by Gasteiger charge is 2.32. The number of halogens is 1. The molecule has 3 amide bonds. The van der Waals surface area contributed by atoms with Gasteiger partial charge in [0.05, 0.1) is 11.6 Å². The van der Waals surface area contributed by atoms with Gasteiger partial charge in [0.25, 0.3) is 5.91 Å². The van der Waals surface area contributed by atoms with E-state index in [4.69, 9.17) is 0 Å². The molecule has 0 bridgehead atoms. The topological polar surface area (TPSA) is 70.2 Å². The summed E-state index contributed by atoms with van der Waals surface area (Å²) in [6.45, 7) is 1.62. The van der Waals surface area contributed by atoms with Crippen LogP contribution in [0.4, 0.5) is 14.9 Å². The van der Waals surface area contributed by atoms with Gasteiger partial charge in [0.15, 0.2) is 0 Å². The molecule has 5 nitrogen and oxygen atoms in total. The molecule has 0 spiro atoms. The highest BCUT2D eigenvalue weighted by Crippen LogP contribution is 2.29. The Hall–Kier alpha value is -3.15. The second-order valence-corrected chi connectivity index (χ2v) is 5.41. The van der Waals surface area contributed by atoms with Crippen LogP contribution >= 0.6 is 0 Å². The summed E-state index contributed by atoms with van der Waals surface area (Å²) in [5, 5.41) is 7.94. The van der Waals surface area contributed by atoms with Gasteiger partial charge in [-0.25, -0.2) is 9.18 Å². The van der Waals surface area contributed by atoms with Crippen molar-refractivity contribution in [3.8, 4) is 0 Å². The summed E-state index contributed by atoms with van der Waals surface area (Å²) < 4.78 is 14.2. The Balaban J connectivity index is 1.98. The number of hydrogen-bond acceptors (Lipinski definition) is 2. The Bertz CT molecular complexity index is 818. The number of hydrogen-bond donors (Lipinski definition) is 3. The maximum absolute atomic E-state index is 14.2. The molecule has 0 radical (unpaired) electrons. The molecule has 1 aliphatic heterocycles. The van der Waals surface area contributed by atoms with Crippen molar-refractivity contribution < 1.29 is 14.0 Å². The van der Waals surface area contributed by atoms with E-state index in [9.17, 15) is 14.0 Å². The smallest absolute Gasteiger partial charge is 0.319 e. The van der Waals surface area contributed by atoms with E-state index >= 15 is 0 Å². The molecule has 0 unspecified atom stereocenters. The summed E-state index contributed by atoms with van der Waals surface area (Å²) in [6.07, 6.45) is 0. The molecule has 0 aliphatic carbocycles. The van der Waals surface area contributed by atoms with Gasteiger partial charge in [0.1, 0.15) is 5.82 Å². The van der Waals surface area contributed by atoms with Crippen molar-refractivity contribution in [3.05, 3.63) is 77.2 Å². The first-order valence-corrected chi connectivity index (χ1v) is 7.45. The summed E-state index contributed by atoms with van der Waals surface area (Å²) in [5.74, 6) is -0.887. The van der Waals surface area contributed by atoms with E-state index in [1.165, 1.54) is 6.07 Å². The average molecular weight is 325 g/mol. The number of carbonyl (C=O) groups is 2. The van der Waals surface area contributed by atoms with E-state index < -0.39 is 23.8 Å². The first-order valence-electron chi connectivity index (χ1n) is 7.45. The van der Waals surface area contributed by atoms with E-state index in [1.54, 1.807) is 49.4 Å². The monoisotopic (exact) mass is 325 g/mol. The molecule has 3 rings (SSSR count). The van der Waals surface area contributed by atoms with Crippen LogP contribution in [0.2, 0.25) is 0 Å². The normalized spacial score (nSPS) is 17.1. The minimum atomic E-state index is -0.858. The van der Waals surface area contributed by atoms with Gasteiger partial charge >= 0.3 is 6.03 Å². The van der Waals surface area contributed by atoms with Crippen LogP contribution in [0, 0.1) is 5.82 Å². The number of amides is 3. The summed E-state index contributed by atoms with van der Waals surface area (Å²) >= 11 is 0. The fourth-order valence-electron chi connectivity index (χ4n) is 2.66. The summed E-state index contributed by atoms with van der Waals surface area (Å²) in [4.78, 5) is 24.5. The minimum absolute atomic E-state index is 0.241. The predicted molar refractivity (Wildman–Crippen MR) is 88.6 cm³/mol. The Morgan fingerprint density at radius 3 is 2.46 bits per heavy atom. The summed E-state index contributed by atoms with van der Waals surface area (Å²) in [7, 11) is 0. The molecular formula is C18H16FN3O2. The molecule has 0 saturated heterocycles. The van der Waals surface area contributed by atoms with E-state index in [1.807, 2.05) is 6.07 Å². The maximum Gasteiger partial charge on any atom is 0.319 e. The van der Waals surface area contributed by atoms with Crippen molar-refractivity contribution in [2.75, 3.05) is 5.32 Å². The van der Waals surface area contributed by atoms with Gasteiger partial charge in [-0.1, -0.05) is 36.4 Å². The quantitative estimate of drug-likeness (QED) is 0.811. The Labute approximate surface area is 138 Å². The molecule has 0 saturated carbocycles. The van der Waals surface area contributed by atoms with E-state index in [-0.39, 0.29) is 11.1 Å². The van der Waals surface area contributed by atoms with Gasteiger partial charge in [-0.15, -0.1) is 0 Å². The molecule has 1 heterocycles. The largest absolute Gasteiger partial charge is 0.327 e. The number of urea groups is 1. The lowest BCUT2D eigenvalue weighted by molar-refractivity contribution is -0.113. The molecule has 24 heavy (non-hydrogen) atoms. The van der Waals surface area contributed by atoms with E-state index in [2.05, 4.69) is 16.0 Å². The second-order valence-electron chi connectivity index (χ2n) is 5.41. The number of carbonyl (C=O) groups excluding carboxylic acids is 2. The van der Waals surface area contributed by atoms with Crippen LogP contribution in [0.5, 0.6) is 0 Å². The number of benzene rings is 2.